The van der Waals surface area contributed by atoms with E-state index in [1.165, 1.54) is 19.4 Å². The number of aromatic nitrogens is 3. The zero-order valence-corrected chi connectivity index (χ0v) is 12.3. The molecule has 3 aromatic rings. The number of alkyl halides is 3. The number of halogens is 3. The number of aryl methyl sites for hydroxylation is 1. The fourth-order valence-corrected chi connectivity index (χ4v) is 2.20. The van der Waals surface area contributed by atoms with Crippen LogP contribution >= 0.6 is 0 Å². The summed E-state index contributed by atoms with van der Waals surface area (Å²) in [7, 11) is 0. The van der Waals surface area contributed by atoms with Crippen LogP contribution in [0.1, 0.15) is 21.7 Å². The van der Waals surface area contributed by atoms with Crippen LogP contribution in [0.25, 0.3) is 11.5 Å². The van der Waals surface area contributed by atoms with Gasteiger partial charge in [-0.1, -0.05) is 6.07 Å². The van der Waals surface area contributed by atoms with E-state index in [1.54, 1.807) is 24.3 Å². The van der Waals surface area contributed by atoms with Crippen LogP contribution in [0.2, 0.25) is 0 Å². The van der Waals surface area contributed by atoms with Crippen LogP contribution in [0.4, 0.5) is 18.9 Å². The van der Waals surface area contributed by atoms with Gasteiger partial charge in [0.1, 0.15) is 6.26 Å². The summed E-state index contributed by atoms with van der Waals surface area (Å²) in [6, 6.07) is 6.42. The summed E-state index contributed by atoms with van der Waals surface area (Å²) >= 11 is 0. The van der Waals surface area contributed by atoms with Crippen LogP contribution in [0, 0.1) is 6.92 Å². The Bertz CT molecular complexity index is 869. The molecule has 0 bridgehead atoms. The standard InChI is InChI=1S/C15H11F3N4O2/c1-8-11(12(22-21-8)15(16,17)18)13(23)20-10-4-2-3-9(7-10)14-19-5-6-24-14/h2-7H,1H3,(H,20,23)(H,21,22). The second-order valence-electron chi connectivity index (χ2n) is 4.94. The fraction of sp³-hybridized carbons (Fsp3) is 0.133. The maximum atomic E-state index is 12.9. The first-order valence-electron chi connectivity index (χ1n) is 6.79. The van der Waals surface area contributed by atoms with Crippen molar-refractivity contribution in [3.63, 3.8) is 0 Å². The van der Waals surface area contributed by atoms with Crippen molar-refractivity contribution in [2.24, 2.45) is 0 Å². The molecule has 2 heterocycles. The topological polar surface area (TPSA) is 83.8 Å². The number of carbonyl (C=O) groups excluding carboxylic acids is 1. The van der Waals surface area contributed by atoms with Gasteiger partial charge in [-0.3, -0.25) is 9.89 Å². The Morgan fingerprint density at radius 3 is 2.79 bits per heavy atom. The largest absolute Gasteiger partial charge is 0.445 e. The van der Waals surface area contributed by atoms with Gasteiger partial charge in [-0.25, -0.2) is 4.98 Å². The summed E-state index contributed by atoms with van der Waals surface area (Å²) in [5, 5.41) is 7.79. The van der Waals surface area contributed by atoms with E-state index in [-0.39, 0.29) is 5.69 Å². The van der Waals surface area contributed by atoms with E-state index >= 15 is 0 Å². The third kappa shape index (κ3) is 3.00. The van der Waals surface area contributed by atoms with Gasteiger partial charge < -0.3 is 9.73 Å². The van der Waals surface area contributed by atoms with E-state index in [9.17, 15) is 18.0 Å². The lowest BCUT2D eigenvalue weighted by molar-refractivity contribution is -0.141. The highest BCUT2D eigenvalue weighted by molar-refractivity contribution is 6.06. The molecule has 0 radical (unpaired) electrons. The Balaban J connectivity index is 1.89. The highest BCUT2D eigenvalue weighted by Crippen LogP contribution is 2.32. The number of aromatic amines is 1. The molecule has 0 unspecified atom stereocenters. The Morgan fingerprint density at radius 1 is 1.33 bits per heavy atom. The van der Waals surface area contributed by atoms with Crippen LogP contribution < -0.4 is 5.32 Å². The van der Waals surface area contributed by atoms with Gasteiger partial charge in [-0.05, 0) is 25.1 Å². The lowest BCUT2D eigenvalue weighted by Gasteiger charge is -2.09. The van der Waals surface area contributed by atoms with E-state index in [0.29, 0.717) is 17.1 Å². The van der Waals surface area contributed by atoms with Gasteiger partial charge >= 0.3 is 6.18 Å². The van der Waals surface area contributed by atoms with Gasteiger partial charge in [0.15, 0.2) is 5.69 Å². The second kappa shape index (κ2) is 5.84. The van der Waals surface area contributed by atoms with Crippen molar-refractivity contribution in [3.8, 4) is 11.5 Å². The zero-order chi connectivity index (χ0) is 17.3. The molecule has 1 aromatic carbocycles. The molecule has 24 heavy (non-hydrogen) atoms. The maximum absolute atomic E-state index is 12.9. The summed E-state index contributed by atoms with van der Waals surface area (Å²) in [5.74, 6) is -0.570. The molecule has 6 nitrogen and oxygen atoms in total. The molecule has 2 N–H and O–H groups in total. The minimum atomic E-state index is -4.72. The normalized spacial score (nSPS) is 11.5. The monoisotopic (exact) mass is 336 g/mol. The average Bonchev–Trinajstić information content (AvgIpc) is 3.16. The quantitative estimate of drug-likeness (QED) is 0.765. The summed E-state index contributed by atoms with van der Waals surface area (Å²) in [4.78, 5) is 16.2. The molecule has 9 heteroatoms. The molecule has 0 fully saturated rings. The summed E-state index contributed by atoms with van der Waals surface area (Å²) in [5.41, 5.74) is -0.865. The molecule has 1 amide bonds. The first kappa shape index (κ1) is 15.8. The van der Waals surface area contributed by atoms with Crippen LogP contribution in [0.3, 0.4) is 0 Å². The highest BCUT2D eigenvalue weighted by atomic mass is 19.4. The van der Waals surface area contributed by atoms with Gasteiger partial charge in [0.2, 0.25) is 5.89 Å². The third-order valence-electron chi connectivity index (χ3n) is 3.24. The Morgan fingerprint density at radius 2 is 2.12 bits per heavy atom. The lowest BCUT2D eigenvalue weighted by Crippen LogP contribution is -2.18. The fourth-order valence-electron chi connectivity index (χ4n) is 2.20. The smallest absolute Gasteiger partial charge is 0.435 e. The van der Waals surface area contributed by atoms with Crippen LogP contribution in [0.15, 0.2) is 41.1 Å². The maximum Gasteiger partial charge on any atom is 0.435 e. The number of carbonyl (C=O) groups is 1. The minimum absolute atomic E-state index is 0.0312. The number of benzene rings is 1. The van der Waals surface area contributed by atoms with Crippen molar-refractivity contribution in [3.05, 3.63) is 53.7 Å². The predicted octanol–water partition coefficient (Wildman–Crippen LogP) is 3.64. The molecule has 0 saturated heterocycles. The first-order chi connectivity index (χ1) is 11.4. The number of nitrogens with one attached hydrogen (secondary N) is 2. The second-order valence-corrected chi connectivity index (χ2v) is 4.94. The van der Waals surface area contributed by atoms with E-state index in [4.69, 9.17) is 4.42 Å². The highest BCUT2D eigenvalue weighted by Gasteiger charge is 2.39. The molecule has 2 aromatic heterocycles. The van der Waals surface area contributed by atoms with Gasteiger partial charge in [0.25, 0.3) is 5.91 Å². The van der Waals surface area contributed by atoms with E-state index < -0.39 is 23.3 Å². The third-order valence-corrected chi connectivity index (χ3v) is 3.24. The van der Waals surface area contributed by atoms with Crippen molar-refractivity contribution < 1.29 is 22.4 Å². The molecule has 0 aliphatic rings. The van der Waals surface area contributed by atoms with Crippen LogP contribution in [-0.4, -0.2) is 21.1 Å². The Kier molecular flexibility index (Phi) is 3.84. The van der Waals surface area contributed by atoms with Crippen LogP contribution in [-0.2, 0) is 6.18 Å². The molecular weight excluding hydrogens is 325 g/mol. The van der Waals surface area contributed by atoms with Crippen molar-refractivity contribution >= 4 is 11.6 Å². The van der Waals surface area contributed by atoms with Gasteiger partial charge in [-0.2, -0.15) is 18.3 Å². The summed E-state index contributed by atoms with van der Waals surface area (Å²) in [6.07, 6.45) is -1.87. The number of anilines is 1. The molecular formula is C15H11F3N4O2. The Hall–Kier alpha value is -3.10. The Labute approximate surface area is 133 Å². The SMILES string of the molecule is Cc1[nH]nc(C(F)(F)F)c1C(=O)Nc1cccc(-c2ncco2)c1. The van der Waals surface area contributed by atoms with E-state index in [2.05, 4.69) is 20.5 Å². The molecule has 0 aliphatic heterocycles. The van der Waals surface area contributed by atoms with Crippen molar-refractivity contribution in [2.75, 3.05) is 5.32 Å². The summed E-state index contributed by atoms with van der Waals surface area (Å²) in [6.45, 7) is 1.35. The minimum Gasteiger partial charge on any atom is -0.445 e. The number of nitrogens with zero attached hydrogens (tertiary/aromatic N) is 2. The first-order valence-corrected chi connectivity index (χ1v) is 6.79. The number of hydrogen-bond donors (Lipinski definition) is 2. The predicted molar refractivity (Wildman–Crippen MR) is 78.2 cm³/mol. The zero-order valence-electron chi connectivity index (χ0n) is 12.3. The van der Waals surface area contributed by atoms with E-state index in [0.717, 1.165) is 0 Å². The summed E-state index contributed by atoms with van der Waals surface area (Å²) < 4.78 is 43.9. The number of hydrogen-bond acceptors (Lipinski definition) is 4. The number of H-pyrrole nitrogens is 1. The molecule has 0 spiro atoms. The molecule has 0 saturated carbocycles. The van der Waals surface area contributed by atoms with Crippen LogP contribution in [0.5, 0.6) is 0 Å². The van der Waals surface area contributed by atoms with Gasteiger partial charge in [0, 0.05) is 16.9 Å². The lowest BCUT2D eigenvalue weighted by atomic mass is 10.1. The number of rotatable bonds is 3. The van der Waals surface area contributed by atoms with Crippen molar-refractivity contribution in [1.29, 1.82) is 0 Å². The van der Waals surface area contributed by atoms with E-state index in [1.807, 2.05) is 0 Å². The van der Waals surface area contributed by atoms with Crippen molar-refractivity contribution in [2.45, 2.75) is 13.1 Å². The average molecular weight is 336 g/mol. The molecule has 0 aliphatic carbocycles. The van der Waals surface area contributed by atoms with Gasteiger partial charge in [0.05, 0.1) is 11.8 Å². The van der Waals surface area contributed by atoms with Gasteiger partial charge in [-0.15, -0.1) is 0 Å². The number of amides is 1. The molecule has 0 atom stereocenters. The number of oxazole rings is 1. The molecule has 3 rings (SSSR count). The molecule has 124 valence electrons. The van der Waals surface area contributed by atoms with Crippen molar-refractivity contribution in [1.82, 2.24) is 15.2 Å².